The number of aliphatic hydroxyl groups excluding tert-OH is 1. The average Bonchev–Trinajstić information content (AvgIpc) is 2.60. The molecule has 24 heavy (non-hydrogen) atoms. The third-order valence-corrected chi connectivity index (χ3v) is 3.46. The molecule has 0 aliphatic rings. The van der Waals surface area contributed by atoms with Gasteiger partial charge in [-0.1, -0.05) is 18.2 Å². The predicted octanol–water partition coefficient (Wildman–Crippen LogP) is 3.02. The highest BCUT2D eigenvalue weighted by atomic mass is 16.5. The Hall–Kier alpha value is -2.53. The summed E-state index contributed by atoms with van der Waals surface area (Å²) in [6.45, 7) is 4.65. The molecule has 0 amide bonds. The van der Waals surface area contributed by atoms with Gasteiger partial charge in [0.2, 0.25) is 0 Å². The summed E-state index contributed by atoms with van der Waals surface area (Å²) in [6, 6.07) is 14.6. The van der Waals surface area contributed by atoms with Gasteiger partial charge in [-0.3, -0.25) is 0 Å². The number of rotatable bonds is 8. The minimum Gasteiger partial charge on any atom is -0.491 e. The molecule has 0 aliphatic carbocycles. The summed E-state index contributed by atoms with van der Waals surface area (Å²) < 4.78 is 10.5. The molecular formula is C19H23NO4. The molecule has 0 spiro atoms. The summed E-state index contributed by atoms with van der Waals surface area (Å²) in [5.74, 6) is 0.436. The van der Waals surface area contributed by atoms with Crippen LogP contribution in [0.2, 0.25) is 0 Å². The van der Waals surface area contributed by atoms with Crippen LogP contribution in [0.4, 0.5) is 5.69 Å². The van der Waals surface area contributed by atoms with Crippen LogP contribution in [-0.2, 0) is 4.74 Å². The van der Waals surface area contributed by atoms with Crippen molar-refractivity contribution in [3.05, 3.63) is 59.7 Å². The zero-order valence-corrected chi connectivity index (χ0v) is 14.0. The van der Waals surface area contributed by atoms with Crippen LogP contribution in [0.3, 0.4) is 0 Å². The Labute approximate surface area is 142 Å². The fourth-order valence-corrected chi connectivity index (χ4v) is 2.14. The number of para-hydroxylation sites is 1. The summed E-state index contributed by atoms with van der Waals surface area (Å²) in [5, 5.41) is 13.1. The minimum absolute atomic E-state index is 0.207. The van der Waals surface area contributed by atoms with E-state index in [-0.39, 0.29) is 12.6 Å². The Balaban J connectivity index is 1.78. The van der Waals surface area contributed by atoms with E-state index >= 15 is 0 Å². The largest absolute Gasteiger partial charge is 0.491 e. The van der Waals surface area contributed by atoms with E-state index < -0.39 is 6.10 Å². The number of aliphatic hydroxyl groups is 1. The summed E-state index contributed by atoms with van der Waals surface area (Å²) in [4.78, 5) is 11.6. The van der Waals surface area contributed by atoms with Crippen LogP contribution in [0.5, 0.6) is 5.75 Å². The van der Waals surface area contributed by atoms with Crippen molar-refractivity contribution in [3.8, 4) is 5.75 Å². The number of hydrogen-bond donors (Lipinski definition) is 2. The fourth-order valence-electron chi connectivity index (χ4n) is 2.14. The van der Waals surface area contributed by atoms with Crippen LogP contribution in [0.25, 0.3) is 0 Å². The maximum atomic E-state index is 11.6. The predicted molar refractivity (Wildman–Crippen MR) is 93.6 cm³/mol. The standard InChI is InChI=1S/C19H23NO4/c1-3-23-19(22)15-8-10-16(11-9-15)20-12-17(21)13-24-18-7-5-4-6-14(18)2/h4-11,17,20-21H,3,12-13H2,1-2H3/t17-/m0/s1. The third kappa shape index (κ3) is 5.28. The van der Waals surface area contributed by atoms with Crippen molar-refractivity contribution in [2.24, 2.45) is 0 Å². The second-order valence-electron chi connectivity index (χ2n) is 5.41. The Morgan fingerprint density at radius 2 is 1.88 bits per heavy atom. The van der Waals surface area contributed by atoms with Crippen molar-refractivity contribution in [1.82, 2.24) is 0 Å². The van der Waals surface area contributed by atoms with Gasteiger partial charge in [0, 0.05) is 12.2 Å². The van der Waals surface area contributed by atoms with Crippen molar-refractivity contribution in [2.75, 3.05) is 25.1 Å². The van der Waals surface area contributed by atoms with E-state index in [0.717, 1.165) is 17.0 Å². The van der Waals surface area contributed by atoms with E-state index in [1.165, 1.54) is 0 Å². The van der Waals surface area contributed by atoms with Gasteiger partial charge in [-0.2, -0.15) is 0 Å². The first-order chi connectivity index (χ1) is 11.6. The molecule has 5 heteroatoms. The molecule has 2 aromatic rings. The number of ether oxygens (including phenoxy) is 2. The van der Waals surface area contributed by atoms with Crippen LogP contribution in [0, 0.1) is 6.92 Å². The number of nitrogens with one attached hydrogen (secondary N) is 1. The maximum Gasteiger partial charge on any atom is 0.338 e. The molecule has 2 aromatic carbocycles. The van der Waals surface area contributed by atoms with E-state index in [4.69, 9.17) is 9.47 Å². The Morgan fingerprint density at radius 1 is 1.17 bits per heavy atom. The molecule has 5 nitrogen and oxygen atoms in total. The zero-order chi connectivity index (χ0) is 17.4. The highest BCUT2D eigenvalue weighted by Gasteiger charge is 2.08. The number of esters is 1. The third-order valence-electron chi connectivity index (χ3n) is 3.46. The number of carbonyl (C=O) groups is 1. The molecule has 0 saturated carbocycles. The topological polar surface area (TPSA) is 67.8 Å². The Kier molecular flexibility index (Phi) is 6.63. The van der Waals surface area contributed by atoms with Gasteiger partial charge in [0.1, 0.15) is 18.5 Å². The molecule has 0 fully saturated rings. The van der Waals surface area contributed by atoms with Crippen LogP contribution in [-0.4, -0.2) is 36.9 Å². The fraction of sp³-hybridized carbons (Fsp3) is 0.316. The van der Waals surface area contributed by atoms with Crippen LogP contribution >= 0.6 is 0 Å². The molecule has 1 atom stereocenters. The van der Waals surface area contributed by atoms with Crippen molar-refractivity contribution in [3.63, 3.8) is 0 Å². The highest BCUT2D eigenvalue weighted by Crippen LogP contribution is 2.16. The molecular weight excluding hydrogens is 306 g/mol. The lowest BCUT2D eigenvalue weighted by molar-refractivity contribution is 0.0526. The van der Waals surface area contributed by atoms with E-state index in [0.29, 0.717) is 18.7 Å². The van der Waals surface area contributed by atoms with Crippen LogP contribution in [0.1, 0.15) is 22.8 Å². The summed E-state index contributed by atoms with van der Waals surface area (Å²) in [5.41, 5.74) is 2.36. The lowest BCUT2D eigenvalue weighted by Gasteiger charge is -2.15. The lowest BCUT2D eigenvalue weighted by atomic mass is 10.2. The molecule has 0 aromatic heterocycles. The van der Waals surface area contributed by atoms with E-state index in [1.54, 1.807) is 31.2 Å². The van der Waals surface area contributed by atoms with Gasteiger partial charge in [-0.15, -0.1) is 0 Å². The number of anilines is 1. The van der Waals surface area contributed by atoms with Crippen molar-refractivity contribution in [2.45, 2.75) is 20.0 Å². The average molecular weight is 329 g/mol. The normalized spacial score (nSPS) is 11.6. The molecule has 0 heterocycles. The number of hydrogen-bond acceptors (Lipinski definition) is 5. The summed E-state index contributed by atoms with van der Waals surface area (Å²) >= 11 is 0. The second kappa shape index (κ2) is 8.93. The van der Waals surface area contributed by atoms with Gasteiger partial charge in [-0.05, 0) is 49.7 Å². The lowest BCUT2D eigenvalue weighted by Crippen LogP contribution is -2.26. The molecule has 0 bridgehead atoms. The molecule has 128 valence electrons. The number of carbonyl (C=O) groups excluding carboxylic acids is 1. The van der Waals surface area contributed by atoms with Crippen molar-refractivity contribution >= 4 is 11.7 Å². The van der Waals surface area contributed by atoms with Crippen molar-refractivity contribution in [1.29, 1.82) is 0 Å². The van der Waals surface area contributed by atoms with Gasteiger partial charge in [0.25, 0.3) is 0 Å². The number of benzene rings is 2. The second-order valence-corrected chi connectivity index (χ2v) is 5.41. The zero-order valence-electron chi connectivity index (χ0n) is 14.0. The minimum atomic E-state index is -0.644. The first-order valence-electron chi connectivity index (χ1n) is 7.97. The van der Waals surface area contributed by atoms with Gasteiger partial charge < -0.3 is 19.9 Å². The molecule has 0 unspecified atom stereocenters. The van der Waals surface area contributed by atoms with Gasteiger partial charge in [0.05, 0.1) is 12.2 Å². The monoisotopic (exact) mass is 329 g/mol. The molecule has 2 N–H and O–H groups in total. The first-order valence-corrected chi connectivity index (χ1v) is 7.97. The van der Waals surface area contributed by atoms with E-state index in [2.05, 4.69) is 5.32 Å². The van der Waals surface area contributed by atoms with Gasteiger partial charge in [0.15, 0.2) is 0 Å². The molecule has 0 aliphatic heterocycles. The first kappa shape index (κ1) is 17.8. The quantitative estimate of drug-likeness (QED) is 0.729. The molecule has 0 radical (unpaired) electrons. The van der Waals surface area contributed by atoms with Gasteiger partial charge in [-0.25, -0.2) is 4.79 Å². The Morgan fingerprint density at radius 3 is 2.54 bits per heavy atom. The summed E-state index contributed by atoms with van der Waals surface area (Å²) in [7, 11) is 0. The smallest absolute Gasteiger partial charge is 0.338 e. The molecule has 0 saturated heterocycles. The highest BCUT2D eigenvalue weighted by molar-refractivity contribution is 5.89. The SMILES string of the molecule is CCOC(=O)c1ccc(NC[C@H](O)COc2ccccc2C)cc1. The summed E-state index contributed by atoms with van der Waals surface area (Å²) in [6.07, 6.45) is -0.644. The van der Waals surface area contributed by atoms with Crippen LogP contribution < -0.4 is 10.1 Å². The van der Waals surface area contributed by atoms with Gasteiger partial charge >= 0.3 is 5.97 Å². The van der Waals surface area contributed by atoms with E-state index in [9.17, 15) is 9.90 Å². The maximum absolute atomic E-state index is 11.6. The Bertz CT molecular complexity index is 655. The molecule has 2 rings (SSSR count). The number of aryl methyl sites for hydroxylation is 1. The van der Waals surface area contributed by atoms with Crippen molar-refractivity contribution < 1.29 is 19.4 Å². The van der Waals surface area contributed by atoms with E-state index in [1.807, 2.05) is 31.2 Å². The van der Waals surface area contributed by atoms with Crippen LogP contribution in [0.15, 0.2) is 48.5 Å².